The largest absolute Gasteiger partial charge is 0.497 e. The van der Waals surface area contributed by atoms with E-state index >= 15 is 0 Å². The molecular formula is C24H20N4O4. The van der Waals surface area contributed by atoms with E-state index in [0.29, 0.717) is 16.7 Å². The smallest absolute Gasteiger partial charge is 0.322 e. The Morgan fingerprint density at radius 3 is 2.41 bits per heavy atom. The number of carbonyl (C=O) groups excluding carboxylic acids is 2. The molecule has 4 aromatic rings. The highest BCUT2D eigenvalue weighted by Gasteiger charge is 2.48. The third kappa shape index (κ3) is 3.13. The highest BCUT2D eigenvalue weighted by Crippen LogP contribution is 2.35. The number of hydrogen-bond donors (Lipinski definition) is 3. The van der Waals surface area contributed by atoms with Crippen LogP contribution in [0.1, 0.15) is 5.56 Å². The molecule has 0 bridgehead atoms. The fraction of sp³-hybridized carbons (Fsp3) is 0.125. The molecule has 2 aromatic carbocycles. The molecule has 0 radical (unpaired) electrons. The van der Waals surface area contributed by atoms with Crippen molar-refractivity contribution in [3.8, 4) is 22.8 Å². The summed E-state index contributed by atoms with van der Waals surface area (Å²) in [6.45, 7) is 0.0159. The van der Waals surface area contributed by atoms with E-state index in [1.54, 1.807) is 48.5 Å². The number of amides is 3. The average molecular weight is 428 g/mol. The summed E-state index contributed by atoms with van der Waals surface area (Å²) in [6, 6.07) is 15.9. The standard InChI is InChI=1S/C24H20N4O4/c1-32-19-6-7-20-17(12-19)13-28(21(20)29)14-24(22(30)26-23(31)27-24)18-4-2-15(3-5-18)16-8-10-25-11-9-16/h2-13,29H,14H2,1H3,(H2,26,27,30,31). The summed E-state index contributed by atoms with van der Waals surface area (Å²) in [5.41, 5.74) is 1.18. The number of aromatic nitrogens is 2. The second-order valence-electron chi connectivity index (χ2n) is 7.66. The van der Waals surface area contributed by atoms with Crippen LogP contribution in [0.15, 0.2) is 73.2 Å². The van der Waals surface area contributed by atoms with Crippen molar-refractivity contribution in [3.63, 3.8) is 0 Å². The van der Waals surface area contributed by atoms with E-state index in [1.807, 2.05) is 36.4 Å². The van der Waals surface area contributed by atoms with Crippen molar-refractivity contribution < 1.29 is 19.4 Å². The van der Waals surface area contributed by atoms with Gasteiger partial charge >= 0.3 is 6.03 Å². The molecule has 2 aromatic heterocycles. The van der Waals surface area contributed by atoms with Gasteiger partial charge in [-0.05, 0) is 47.0 Å². The van der Waals surface area contributed by atoms with Crippen LogP contribution in [0.5, 0.6) is 11.6 Å². The van der Waals surface area contributed by atoms with Gasteiger partial charge in [0.2, 0.25) is 0 Å². The molecule has 0 spiro atoms. The zero-order valence-electron chi connectivity index (χ0n) is 17.2. The molecule has 1 aliphatic heterocycles. The predicted octanol–water partition coefficient (Wildman–Crippen LogP) is 3.15. The number of fused-ring (bicyclic) bond motifs is 1. The maximum absolute atomic E-state index is 13.0. The topological polar surface area (TPSA) is 105 Å². The zero-order valence-corrected chi connectivity index (χ0v) is 17.2. The number of benzene rings is 2. The number of aromatic hydroxyl groups is 1. The van der Waals surface area contributed by atoms with Crippen molar-refractivity contribution in [1.29, 1.82) is 0 Å². The van der Waals surface area contributed by atoms with Crippen LogP contribution >= 0.6 is 0 Å². The minimum Gasteiger partial charge on any atom is -0.497 e. The second-order valence-corrected chi connectivity index (χ2v) is 7.66. The Hall–Kier alpha value is -4.33. The first-order valence-electron chi connectivity index (χ1n) is 10.0. The SMILES string of the molecule is COc1ccc2c(O)n(CC3(c4ccc(-c5ccncc5)cc4)NC(=O)NC3=O)cc2c1. The van der Waals surface area contributed by atoms with Gasteiger partial charge in [0.15, 0.2) is 11.4 Å². The minimum atomic E-state index is -1.37. The molecule has 1 fully saturated rings. The Morgan fingerprint density at radius 2 is 1.75 bits per heavy atom. The Morgan fingerprint density at radius 1 is 1.03 bits per heavy atom. The number of ether oxygens (including phenoxy) is 1. The van der Waals surface area contributed by atoms with Crippen molar-refractivity contribution in [2.45, 2.75) is 12.1 Å². The van der Waals surface area contributed by atoms with Gasteiger partial charge in [0.1, 0.15) is 5.75 Å². The van der Waals surface area contributed by atoms with E-state index in [1.165, 1.54) is 0 Å². The van der Waals surface area contributed by atoms with Crippen molar-refractivity contribution in [3.05, 3.63) is 78.8 Å². The first-order valence-corrected chi connectivity index (χ1v) is 10.0. The first kappa shape index (κ1) is 19.6. The molecular weight excluding hydrogens is 408 g/mol. The average Bonchev–Trinajstić information content (AvgIpc) is 3.29. The van der Waals surface area contributed by atoms with Gasteiger partial charge in [-0.15, -0.1) is 0 Å². The number of pyridine rings is 1. The van der Waals surface area contributed by atoms with E-state index < -0.39 is 17.5 Å². The molecule has 3 N–H and O–H groups in total. The fourth-order valence-electron chi connectivity index (χ4n) is 4.13. The van der Waals surface area contributed by atoms with Crippen molar-refractivity contribution in [2.75, 3.05) is 7.11 Å². The van der Waals surface area contributed by atoms with Gasteiger partial charge in [0.25, 0.3) is 5.91 Å². The lowest BCUT2D eigenvalue weighted by Crippen LogP contribution is -2.47. The van der Waals surface area contributed by atoms with E-state index in [0.717, 1.165) is 16.5 Å². The van der Waals surface area contributed by atoms with Gasteiger partial charge < -0.3 is 19.7 Å². The fourth-order valence-corrected chi connectivity index (χ4v) is 4.13. The molecule has 32 heavy (non-hydrogen) atoms. The molecule has 1 saturated heterocycles. The molecule has 3 amide bonds. The number of rotatable bonds is 5. The van der Waals surface area contributed by atoms with Crippen LogP contribution in [0.25, 0.3) is 21.9 Å². The molecule has 1 aliphatic rings. The van der Waals surface area contributed by atoms with E-state index in [-0.39, 0.29) is 12.4 Å². The van der Waals surface area contributed by atoms with E-state index in [9.17, 15) is 14.7 Å². The van der Waals surface area contributed by atoms with Crippen LogP contribution in [-0.4, -0.2) is 33.7 Å². The van der Waals surface area contributed by atoms with Crippen LogP contribution in [0, 0.1) is 0 Å². The summed E-state index contributed by atoms with van der Waals surface area (Å²) in [5.74, 6) is 0.182. The summed E-state index contributed by atoms with van der Waals surface area (Å²) in [7, 11) is 1.57. The zero-order chi connectivity index (χ0) is 22.3. The normalized spacial score (nSPS) is 17.9. The van der Waals surface area contributed by atoms with Crippen LogP contribution in [0.4, 0.5) is 4.79 Å². The minimum absolute atomic E-state index is 0.00406. The Kier molecular flexibility index (Phi) is 4.55. The number of methoxy groups -OCH3 is 1. The van der Waals surface area contributed by atoms with Gasteiger partial charge in [0.05, 0.1) is 13.7 Å². The summed E-state index contributed by atoms with van der Waals surface area (Å²) < 4.78 is 6.82. The van der Waals surface area contributed by atoms with Gasteiger partial charge in [-0.2, -0.15) is 0 Å². The molecule has 8 nitrogen and oxygen atoms in total. The lowest BCUT2D eigenvalue weighted by atomic mass is 9.88. The molecule has 1 unspecified atom stereocenters. The third-order valence-electron chi connectivity index (χ3n) is 5.81. The first-order chi connectivity index (χ1) is 15.5. The monoisotopic (exact) mass is 428 g/mol. The van der Waals surface area contributed by atoms with Crippen molar-refractivity contribution in [1.82, 2.24) is 20.2 Å². The lowest BCUT2D eigenvalue weighted by Gasteiger charge is -2.27. The summed E-state index contributed by atoms with van der Waals surface area (Å²) >= 11 is 0. The number of carbonyl (C=O) groups is 2. The number of hydrogen-bond acceptors (Lipinski definition) is 5. The maximum Gasteiger partial charge on any atom is 0.322 e. The van der Waals surface area contributed by atoms with Crippen molar-refractivity contribution >= 4 is 22.7 Å². The van der Waals surface area contributed by atoms with E-state index in [2.05, 4.69) is 15.6 Å². The van der Waals surface area contributed by atoms with Gasteiger partial charge in [-0.1, -0.05) is 24.3 Å². The highest BCUT2D eigenvalue weighted by atomic mass is 16.5. The molecule has 160 valence electrons. The maximum atomic E-state index is 13.0. The number of imide groups is 1. The second kappa shape index (κ2) is 7.42. The van der Waals surface area contributed by atoms with Gasteiger partial charge in [0, 0.05) is 29.4 Å². The highest BCUT2D eigenvalue weighted by molar-refractivity contribution is 6.07. The van der Waals surface area contributed by atoms with Crippen molar-refractivity contribution in [2.24, 2.45) is 0 Å². The van der Waals surface area contributed by atoms with Crippen LogP contribution in [0.2, 0.25) is 0 Å². The quantitative estimate of drug-likeness (QED) is 0.424. The van der Waals surface area contributed by atoms with E-state index in [4.69, 9.17) is 4.74 Å². The van der Waals surface area contributed by atoms with Crippen LogP contribution in [0.3, 0.4) is 0 Å². The number of nitrogens with one attached hydrogen (secondary N) is 2. The summed E-state index contributed by atoms with van der Waals surface area (Å²) in [4.78, 5) is 29.1. The molecule has 3 heterocycles. The molecule has 0 saturated carbocycles. The molecule has 0 aliphatic carbocycles. The molecule has 8 heteroatoms. The third-order valence-corrected chi connectivity index (χ3v) is 5.81. The Labute approximate surface area is 183 Å². The number of urea groups is 1. The van der Waals surface area contributed by atoms with Gasteiger partial charge in [-0.25, -0.2) is 4.79 Å². The molecule has 1 atom stereocenters. The summed E-state index contributed by atoms with van der Waals surface area (Å²) in [5, 5.41) is 17.3. The van der Waals surface area contributed by atoms with Crippen LogP contribution < -0.4 is 15.4 Å². The lowest BCUT2D eigenvalue weighted by molar-refractivity contribution is -0.124. The predicted molar refractivity (Wildman–Crippen MR) is 118 cm³/mol. The Bertz CT molecular complexity index is 1330. The summed E-state index contributed by atoms with van der Waals surface area (Å²) in [6.07, 6.45) is 5.16. The number of nitrogens with zero attached hydrogens (tertiary/aromatic N) is 2. The molecule has 5 rings (SSSR count). The van der Waals surface area contributed by atoms with Gasteiger partial charge in [-0.3, -0.25) is 15.1 Å². The van der Waals surface area contributed by atoms with Crippen LogP contribution in [-0.2, 0) is 16.9 Å². The Balaban J connectivity index is 1.56.